The van der Waals surface area contributed by atoms with Gasteiger partial charge in [0.25, 0.3) is 0 Å². The van der Waals surface area contributed by atoms with Gasteiger partial charge in [-0.25, -0.2) is 0 Å². The number of phenols is 6. The fourth-order valence-corrected chi connectivity index (χ4v) is 3.26. The number of rotatable bonds is 2. The van der Waals surface area contributed by atoms with Gasteiger partial charge in [0.05, 0.1) is 0 Å². The third kappa shape index (κ3) is 4.06. The van der Waals surface area contributed by atoms with Gasteiger partial charge in [0.1, 0.15) is 0 Å². The molecule has 6 N–H and O–H groups in total. The Morgan fingerprint density at radius 2 is 1.12 bits per heavy atom. The first-order valence-electron chi connectivity index (χ1n) is 9.46. The smallest absolute Gasteiger partial charge is 0.233 e. The molecule has 0 spiro atoms. The molecule has 3 aromatic carbocycles. The largest absolute Gasteiger partial charge is 0.504 e. The highest BCUT2D eigenvalue weighted by molar-refractivity contribution is 6.49. The molecule has 1 aliphatic carbocycles. The number of fused-ring (bicyclic) bond motifs is 1. The average Bonchev–Trinajstić information content (AvgIpc) is 2.79. The zero-order valence-electron chi connectivity index (χ0n) is 16.9. The lowest BCUT2D eigenvalue weighted by Crippen LogP contribution is -2.15. The van der Waals surface area contributed by atoms with Crippen LogP contribution in [0.1, 0.15) is 39.9 Å². The number of carbonyl (C=O) groups excluding carboxylic acids is 2. The second kappa shape index (κ2) is 8.73. The molecule has 1 aliphatic rings. The lowest BCUT2D eigenvalue weighted by atomic mass is 9.91. The minimum Gasteiger partial charge on any atom is -0.504 e. The summed E-state index contributed by atoms with van der Waals surface area (Å²) in [6.07, 6.45) is 2.98. The van der Waals surface area contributed by atoms with E-state index in [4.69, 9.17) is 0 Å². The maximum atomic E-state index is 11.2. The zero-order valence-corrected chi connectivity index (χ0v) is 16.9. The van der Waals surface area contributed by atoms with Crippen LogP contribution in [0.25, 0.3) is 6.08 Å². The lowest BCUT2D eigenvalue weighted by molar-refractivity contribution is -0.110. The van der Waals surface area contributed by atoms with E-state index in [0.29, 0.717) is 5.56 Å². The molecule has 0 heterocycles. The maximum absolute atomic E-state index is 11.2. The van der Waals surface area contributed by atoms with E-state index < -0.39 is 52.0 Å². The van der Waals surface area contributed by atoms with E-state index >= 15 is 0 Å². The van der Waals surface area contributed by atoms with Crippen LogP contribution in [-0.2, 0) is 4.79 Å². The van der Waals surface area contributed by atoms with E-state index in [1.54, 1.807) is 25.1 Å². The van der Waals surface area contributed by atoms with Crippen molar-refractivity contribution in [3.8, 4) is 34.5 Å². The summed E-state index contributed by atoms with van der Waals surface area (Å²) in [6.45, 7) is 1.62. The Labute approximate surface area is 182 Å². The van der Waals surface area contributed by atoms with Crippen LogP contribution in [0.5, 0.6) is 34.5 Å². The number of phenolic OH excluding ortho intramolecular Hbond substituents is 6. The van der Waals surface area contributed by atoms with E-state index in [2.05, 4.69) is 0 Å². The number of benzene rings is 3. The molecule has 0 amide bonds. The van der Waals surface area contributed by atoms with Gasteiger partial charge in [-0.1, -0.05) is 49.4 Å². The fraction of sp³-hybridized carbons (Fsp3) is 0.0833. The molecule has 0 aliphatic heterocycles. The van der Waals surface area contributed by atoms with Crippen molar-refractivity contribution in [1.82, 2.24) is 0 Å². The van der Waals surface area contributed by atoms with Crippen molar-refractivity contribution in [3.05, 3.63) is 76.9 Å². The van der Waals surface area contributed by atoms with Crippen molar-refractivity contribution in [2.45, 2.75) is 12.8 Å². The number of Topliss-reactive ketones (excluding diaryl/α,β-unsaturated/α-hetero) is 1. The van der Waals surface area contributed by atoms with E-state index in [9.17, 15) is 40.2 Å². The van der Waals surface area contributed by atoms with Crippen LogP contribution >= 0.6 is 0 Å². The first kappa shape index (κ1) is 22.2. The fourth-order valence-electron chi connectivity index (χ4n) is 3.26. The van der Waals surface area contributed by atoms with Crippen molar-refractivity contribution < 1.29 is 40.2 Å². The van der Waals surface area contributed by atoms with Crippen molar-refractivity contribution in [3.63, 3.8) is 0 Å². The summed E-state index contributed by atoms with van der Waals surface area (Å²) >= 11 is 0. The summed E-state index contributed by atoms with van der Waals surface area (Å²) in [7, 11) is 0. The van der Waals surface area contributed by atoms with Crippen LogP contribution in [-0.4, -0.2) is 42.2 Å². The number of hydrogen-bond acceptors (Lipinski definition) is 8. The number of carbonyl (C=O) groups is 2. The monoisotopic (exact) mass is 436 g/mol. The van der Waals surface area contributed by atoms with Crippen LogP contribution < -0.4 is 0 Å². The number of aromatic hydroxyl groups is 6. The summed E-state index contributed by atoms with van der Waals surface area (Å²) in [5.74, 6) is -4.69. The molecule has 0 unspecified atom stereocenters. The molecular weight excluding hydrogens is 416 g/mol. The minimum absolute atomic E-state index is 0.251. The SMILES string of the molecule is CC(c1ccc(O)c(O)c1O)c1ccc(O)c(O)c1O.O=C1C=Cc2ccccc2C1=O. The molecule has 0 atom stereocenters. The van der Waals surface area contributed by atoms with Crippen LogP contribution in [0.2, 0.25) is 0 Å². The Balaban J connectivity index is 0.000000204. The summed E-state index contributed by atoms with van der Waals surface area (Å²) in [4.78, 5) is 22.1. The predicted molar refractivity (Wildman–Crippen MR) is 115 cm³/mol. The van der Waals surface area contributed by atoms with Gasteiger partial charge in [-0.2, -0.15) is 0 Å². The second-order valence-corrected chi connectivity index (χ2v) is 7.08. The van der Waals surface area contributed by atoms with Gasteiger partial charge in [0.2, 0.25) is 23.1 Å². The molecule has 0 saturated heterocycles. The van der Waals surface area contributed by atoms with Gasteiger partial charge >= 0.3 is 0 Å². The molecule has 0 aromatic heterocycles. The van der Waals surface area contributed by atoms with Crippen molar-refractivity contribution in [1.29, 1.82) is 0 Å². The summed E-state index contributed by atoms with van der Waals surface area (Å²) in [5.41, 5.74) is 1.83. The number of hydrogen-bond donors (Lipinski definition) is 6. The Morgan fingerprint density at radius 3 is 1.66 bits per heavy atom. The van der Waals surface area contributed by atoms with Crippen LogP contribution in [0, 0.1) is 0 Å². The van der Waals surface area contributed by atoms with Gasteiger partial charge in [-0.3, -0.25) is 9.59 Å². The highest BCUT2D eigenvalue weighted by Crippen LogP contribution is 2.46. The first-order chi connectivity index (χ1) is 15.1. The first-order valence-corrected chi connectivity index (χ1v) is 9.46. The Bertz CT molecular complexity index is 1190. The molecule has 0 saturated carbocycles. The van der Waals surface area contributed by atoms with E-state index in [1.165, 1.54) is 30.3 Å². The van der Waals surface area contributed by atoms with Gasteiger partial charge < -0.3 is 30.6 Å². The van der Waals surface area contributed by atoms with Gasteiger partial charge in [0, 0.05) is 22.6 Å². The standard InChI is InChI=1S/C14H14O6.C10H6O2/c1-6(7-2-4-9(15)13(19)11(7)17)8-3-5-10(16)14(20)12(8)18;11-9-6-5-7-3-1-2-4-8(7)10(9)12/h2-6,15-20H,1H3;1-6H. The molecule has 32 heavy (non-hydrogen) atoms. The van der Waals surface area contributed by atoms with Crippen LogP contribution in [0.15, 0.2) is 54.6 Å². The minimum atomic E-state index is -0.656. The van der Waals surface area contributed by atoms with Crippen LogP contribution in [0.3, 0.4) is 0 Å². The third-order valence-corrected chi connectivity index (χ3v) is 5.10. The summed E-state index contributed by atoms with van der Waals surface area (Å²) < 4.78 is 0. The van der Waals surface area contributed by atoms with Gasteiger partial charge in [0.15, 0.2) is 23.0 Å². The van der Waals surface area contributed by atoms with E-state index in [0.717, 1.165) is 5.56 Å². The molecular formula is C24H20O8. The molecule has 8 heteroatoms. The Kier molecular flexibility index (Phi) is 6.06. The average molecular weight is 436 g/mol. The zero-order chi connectivity index (χ0) is 23.6. The quantitative estimate of drug-likeness (QED) is 0.263. The summed E-state index contributed by atoms with van der Waals surface area (Å²) in [6, 6.07) is 12.3. The van der Waals surface area contributed by atoms with E-state index in [1.807, 2.05) is 12.1 Å². The number of allylic oxidation sites excluding steroid dienone is 1. The third-order valence-electron chi connectivity index (χ3n) is 5.10. The topological polar surface area (TPSA) is 156 Å². The molecule has 4 rings (SSSR count). The van der Waals surface area contributed by atoms with Crippen molar-refractivity contribution in [2.24, 2.45) is 0 Å². The highest BCUT2D eigenvalue weighted by Gasteiger charge is 2.22. The van der Waals surface area contributed by atoms with Crippen molar-refractivity contribution in [2.75, 3.05) is 0 Å². The normalized spacial score (nSPS) is 12.3. The Morgan fingerprint density at radius 1 is 0.625 bits per heavy atom. The predicted octanol–water partition coefficient (Wildman–Crippen LogP) is 3.54. The highest BCUT2D eigenvalue weighted by atomic mass is 16.3. The molecule has 0 bridgehead atoms. The molecule has 3 aromatic rings. The molecule has 8 nitrogen and oxygen atoms in total. The molecule has 0 fully saturated rings. The second-order valence-electron chi connectivity index (χ2n) is 7.08. The van der Waals surface area contributed by atoms with Crippen LogP contribution in [0.4, 0.5) is 0 Å². The van der Waals surface area contributed by atoms with Crippen molar-refractivity contribution >= 4 is 17.6 Å². The number of ketones is 2. The molecule has 164 valence electrons. The maximum Gasteiger partial charge on any atom is 0.233 e. The Hall–Kier alpha value is -4.46. The van der Waals surface area contributed by atoms with E-state index in [-0.39, 0.29) is 11.1 Å². The van der Waals surface area contributed by atoms with Gasteiger partial charge in [-0.05, 0) is 23.8 Å². The molecule has 0 radical (unpaired) electrons. The lowest BCUT2D eigenvalue weighted by Gasteiger charge is -2.17. The van der Waals surface area contributed by atoms with Gasteiger partial charge in [-0.15, -0.1) is 0 Å². The summed E-state index contributed by atoms with van der Waals surface area (Å²) in [5, 5.41) is 57.2.